The average Bonchev–Trinajstić information content (AvgIpc) is 2.31. The summed E-state index contributed by atoms with van der Waals surface area (Å²) in [5, 5.41) is 0. The van der Waals surface area contributed by atoms with Gasteiger partial charge in [-0.15, -0.1) is 0 Å². The molecule has 0 saturated carbocycles. The third kappa shape index (κ3) is 1.84. The summed E-state index contributed by atoms with van der Waals surface area (Å²) < 4.78 is 11.3. The maximum atomic E-state index is 11.2. The molecule has 3 nitrogen and oxygen atoms in total. The van der Waals surface area contributed by atoms with E-state index in [-0.39, 0.29) is 6.10 Å². The lowest BCUT2D eigenvalue weighted by atomic mass is 9.86. The van der Waals surface area contributed by atoms with E-state index in [2.05, 4.69) is 0 Å². The normalized spacial score (nSPS) is 39.3. The van der Waals surface area contributed by atoms with Crippen molar-refractivity contribution in [1.82, 2.24) is 0 Å². The van der Waals surface area contributed by atoms with Gasteiger partial charge in [0.15, 0.2) is 6.29 Å². The molecule has 0 bridgehead atoms. The standard InChI is InChI=1S/C11H18O3/c12-9-11(6-2-4-8-14-11)10-5-1-3-7-13-10/h9-10H,1-8H2. The summed E-state index contributed by atoms with van der Waals surface area (Å²) in [5.74, 6) is 0. The molecule has 2 saturated heterocycles. The number of hydrogen-bond donors (Lipinski definition) is 0. The second kappa shape index (κ2) is 4.41. The summed E-state index contributed by atoms with van der Waals surface area (Å²) in [4.78, 5) is 11.2. The molecule has 0 N–H and O–H groups in total. The van der Waals surface area contributed by atoms with Crippen molar-refractivity contribution in [2.45, 2.75) is 50.2 Å². The molecular weight excluding hydrogens is 180 g/mol. The fourth-order valence-corrected chi connectivity index (χ4v) is 2.39. The van der Waals surface area contributed by atoms with Gasteiger partial charge in [0.05, 0.1) is 6.10 Å². The molecule has 0 radical (unpaired) electrons. The Morgan fingerprint density at radius 1 is 1.14 bits per heavy atom. The number of ether oxygens (including phenoxy) is 2. The Balaban J connectivity index is 2.04. The molecule has 0 aromatic carbocycles. The van der Waals surface area contributed by atoms with Crippen LogP contribution in [0.3, 0.4) is 0 Å². The lowest BCUT2D eigenvalue weighted by Gasteiger charge is -2.40. The highest BCUT2D eigenvalue weighted by Gasteiger charge is 2.42. The van der Waals surface area contributed by atoms with Crippen molar-refractivity contribution in [3.8, 4) is 0 Å². The average molecular weight is 198 g/mol. The van der Waals surface area contributed by atoms with Gasteiger partial charge in [-0.1, -0.05) is 0 Å². The Bertz CT molecular complexity index is 191. The first-order valence-corrected chi connectivity index (χ1v) is 5.59. The SMILES string of the molecule is O=CC1(C2CCCCO2)CCCCO1. The molecule has 0 aliphatic carbocycles. The summed E-state index contributed by atoms with van der Waals surface area (Å²) in [6, 6.07) is 0. The van der Waals surface area contributed by atoms with Gasteiger partial charge in [0.1, 0.15) is 5.60 Å². The monoisotopic (exact) mass is 198 g/mol. The van der Waals surface area contributed by atoms with Crippen molar-refractivity contribution in [2.24, 2.45) is 0 Å². The van der Waals surface area contributed by atoms with Gasteiger partial charge in [-0.2, -0.15) is 0 Å². The van der Waals surface area contributed by atoms with E-state index in [9.17, 15) is 4.79 Å². The molecule has 2 atom stereocenters. The highest BCUT2D eigenvalue weighted by atomic mass is 16.6. The van der Waals surface area contributed by atoms with Crippen LogP contribution in [0.1, 0.15) is 38.5 Å². The second-order valence-electron chi connectivity index (χ2n) is 4.23. The molecule has 2 unspecified atom stereocenters. The lowest BCUT2D eigenvalue weighted by Crippen LogP contribution is -2.51. The van der Waals surface area contributed by atoms with Crippen LogP contribution in [0.5, 0.6) is 0 Å². The number of aldehydes is 1. The van der Waals surface area contributed by atoms with Crippen LogP contribution in [0.2, 0.25) is 0 Å². The minimum absolute atomic E-state index is 0.00838. The Hall–Kier alpha value is -0.410. The maximum absolute atomic E-state index is 11.2. The molecular formula is C11H18O3. The van der Waals surface area contributed by atoms with Crippen molar-refractivity contribution in [3.63, 3.8) is 0 Å². The minimum atomic E-state index is -0.612. The number of carbonyl (C=O) groups excluding carboxylic acids is 1. The van der Waals surface area contributed by atoms with Crippen molar-refractivity contribution >= 4 is 6.29 Å². The molecule has 2 heterocycles. The molecule has 14 heavy (non-hydrogen) atoms. The summed E-state index contributed by atoms with van der Waals surface area (Å²) in [5.41, 5.74) is -0.612. The zero-order valence-electron chi connectivity index (χ0n) is 8.54. The summed E-state index contributed by atoms with van der Waals surface area (Å²) >= 11 is 0. The molecule has 3 heteroatoms. The lowest BCUT2D eigenvalue weighted by molar-refractivity contribution is -0.177. The predicted molar refractivity (Wildman–Crippen MR) is 52.2 cm³/mol. The molecule has 0 aromatic rings. The van der Waals surface area contributed by atoms with Crippen molar-refractivity contribution in [3.05, 3.63) is 0 Å². The van der Waals surface area contributed by atoms with Crippen molar-refractivity contribution in [1.29, 1.82) is 0 Å². The molecule has 0 spiro atoms. The summed E-state index contributed by atoms with van der Waals surface area (Å²) in [6.07, 6.45) is 7.21. The summed E-state index contributed by atoms with van der Waals surface area (Å²) in [7, 11) is 0. The molecule has 0 aromatic heterocycles. The van der Waals surface area contributed by atoms with Gasteiger partial charge in [0, 0.05) is 13.2 Å². The van der Waals surface area contributed by atoms with Gasteiger partial charge in [0.25, 0.3) is 0 Å². The van der Waals surface area contributed by atoms with E-state index in [0.717, 1.165) is 51.4 Å². The van der Waals surface area contributed by atoms with Crippen LogP contribution < -0.4 is 0 Å². The molecule has 2 fully saturated rings. The van der Waals surface area contributed by atoms with Crippen LogP contribution in [-0.2, 0) is 14.3 Å². The smallest absolute Gasteiger partial charge is 0.154 e. The van der Waals surface area contributed by atoms with Crippen LogP contribution in [-0.4, -0.2) is 31.2 Å². The van der Waals surface area contributed by atoms with Gasteiger partial charge in [-0.05, 0) is 38.5 Å². The fourth-order valence-electron chi connectivity index (χ4n) is 2.39. The topological polar surface area (TPSA) is 35.5 Å². The third-order valence-electron chi connectivity index (χ3n) is 3.26. The minimum Gasteiger partial charge on any atom is -0.375 e. The first-order valence-electron chi connectivity index (χ1n) is 5.59. The van der Waals surface area contributed by atoms with Crippen LogP contribution >= 0.6 is 0 Å². The van der Waals surface area contributed by atoms with E-state index in [1.165, 1.54) is 0 Å². The Kier molecular flexibility index (Phi) is 3.19. The zero-order chi connectivity index (χ0) is 9.86. The second-order valence-corrected chi connectivity index (χ2v) is 4.23. The molecule has 0 amide bonds. The number of carbonyl (C=O) groups is 1. The van der Waals surface area contributed by atoms with E-state index in [1.54, 1.807) is 0 Å². The van der Waals surface area contributed by atoms with Crippen molar-refractivity contribution < 1.29 is 14.3 Å². The van der Waals surface area contributed by atoms with Gasteiger partial charge in [0.2, 0.25) is 0 Å². The van der Waals surface area contributed by atoms with E-state index in [0.29, 0.717) is 6.61 Å². The summed E-state index contributed by atoms with van der Waals surface area (Å²) in [6.45, 7) is 1.49. The zero-order valence-corrected chi connectivity index (χ0v) is 8.54. The number of rotatable bonds is 2. The van der Waals surface area contributed by atoms with Gasteiger partial charge in [-0.25, -0.2) is 0 Å². The molecule has 2 aliphatic heterocycles. The highest BCUT2D eigenvalue weighted by molar-refractivity contribution is 5.64. The quantitative estimate of drug-likeness (QED) is 0.633. The van der Waals surface area contributed by atoms with Crippen LogP contribution in [0, 0.1) is 0 Å². The van der Waals surface area contributed by atoms with Gasteiger partial charge >= 0.3 is 0 Å². The van der Waals surface area contributed by atoms with Crippen LogP contribution in [0.15, 0.2) is 0 Å². The first kappa shape index (κ1) is 10.1. The van der Waals surface area contributed by atoms with Gasteiger partial charge in [-0.3, -0.25) is 0 Å². The molecule has 2 aliphatic rings. The van der Waals surface area contributed by atoms with E-state index in [4.69, 9.17) is 9.47 Å². The first-order chi connectivity index (χ1) is 6.87. The Morgan fingerprint density at radius 2 is 2.00 bits per heavy atom. The fraction of sp³-hybridized carbons (Fsp3) is 0.909. The van der Waals surface area contributed by atoms with Crippen molar-refractivity contribution in [2.75, 3.05) is 13.2 Å². The van der Waals surface area contributed by atoms with E-state index < -0.39 is 5.60 Å². The van der Waals surface area contributed by atoms with E-state index in [1.807, 2.05) is 0 Å². The van der Waals surface area contributed by atoms with Gasteiger partial charge < -0.3 is 14.3 Å². The Morgan fingerprint density at radius 3 is 2.57 bits per heavy atom. The van der Waals surface area contributed by atoms with Crippen LogP contribution in [0.4, 0.5) is 0 Å². The largest absolute Gasteiger partial charge is 0.375 e. The number of hydrogen-bond acceptors (Lipinski definition) is 3. The van der Waals surface area contributed by atoms with E-state index >= 15 is 0 Å². The molecule has 80 valence electrons. The Labute approximate surface area is 84.8 Å². The predicted octanol–water partition coefficient (Wildman–Crippen LogP) is 1.69. The maximum Gasteiger partial charge on any atom is 0.154 e. The molecule has 2 rings (SSSR count). The third-order valence-corrected chi connectivity index (χ3v) is 3.26. The highest BCUT2D eigenvalue weighted by Crippen LogP contribution is 2.32. The van der Waals surface area contributed by atoms with Crippen LogP contribution in [0.25, 0.3) is 0 Å².